The third-order valence-electron chi connectivity index (χ3n) is 2.96. The van der Waals surface area contributed by atoms with Crippen LogP contribution in [0.3, 0.4) is 0 Å². The van der Waals surface area contributed by atoms with E-state index in [0.29, 0.717) is 0 Å². The summed E-state index contributed by atoms with van der Waals surface area (Å²) in [6.45, 7) is 6.31. The summed E-state index contributed by atoms with van der Waals surface area (Å²) in [6.07, 6.45) is 0. The van der Waals surface area contributed by atoms with Crippen molar-refractivity contribution in [2.75, 3.05) is 0 Å². The normalized spacial score (nSPS) is 12.4. The molecule has 0 radical (unpaired) electrons. The van der Waals surface area contributed by atoms with Gasteiger partial charge in [-0.1, -0.05) is 47.7 Å². The molecule has 0 bridgehead atoms. The molecule has 2 heteroatoms. The number of hydrogen-bond donors (Lipinski definition) is 1. The Morgan fingerprint density at radius 2 is 1.72 bits per heavy atom. The summed E-state index contributed by atoms with van der Waals surface area (Å²) in [4.78, 5) is 2.55. The molecule has 0 unspecified atom stereocenters. The van der Waals surface area contributed by atoms with Gasteiger partial charge in [0.2, 0.25) is 0 Å². The summed E-state index contributed by atoms with van der Waals surface area (Å²) in [5, 5.41) is 0. The zero-order valence-electron chi connectivity index (χ0n) is 11.1. The van der Waals surface area contributed by atoms with Crippen LogP contribution in [-0.2, 0) is 0 Å². The van der Waals surface area contributed by atoms with Crippen LogP contribution in [0.1, 0.15) is 29.7 Å². The number of benzene rings is 2. The van der Waals surface area contributed by atoms with Crippen molar-refractivity contribution in [2.45, 2.75) is 36.6 Å². The van der Waals surface area contributed by atoms with Crippen molar-refractivity contribution in [3.8, 4) is 0 Å². The summed E-state index contributed by atoms with van der Waals surface area (Å²) in [7, 11) is 0. The topological polar surface area (TPSA) is 26.0 Å². The minimum atomic E-state index is 0.0689. The standard InChI is InChI=1S/C16H19NS/c1-11-8-9-15(12(2)10-11)18-16-7-5-4-6-14(16)13(3)17/h4-10,13H,17H2,1-3H3/t13-/m1/s1. The highest BCUT2D eigenvalue weighted by Gasteiger charge is 2.08. The molecular formula is C16H19NS. The molecule has 0 aliphatic rings. The Hall–Kier alpha value is -1.25. The molecule has 94 valence electrons. The molecule has 2 aromatic rings. The van der Waals surface area contributed by atoms with Crippen molar-refractivity contribution in [3.05, 3.63) is 59.2 Å². The van der Waals surface area contributed by atoms with Gasteiger partial charge >= 0.3 is 0 Å². The summed E-state index contributed by atoms with van der Waals surface area (Å²) in [6, 6.07) is 15.0. The van der Waals surface area contributed by atoms with Crippen LogP contribution < -0.4 is 5.73 Å². The molecule has 1 nitrogen and oxygen atoms in total. The van der Waals surface area contributed by atoms with Crippen molar-refractivity contribution >= 4 is 11.8 Å². The smallest absolute Gasteiger partial charge is 0.0277 e. The highest BCUT2D eigenvalue weighted by Crippen LogP contribution is 2.34. The second-order valence-electron chi connectivity index (χ2n) is 4.70. The predicted molar refractivity (Wildman–Crippen MR) is 79.1 cm³/mol. The van der Waals surface area contributed by atoms with E-state index in [2.05, 4.69) is 50.2 Å². The van der Waals surface area contributed by atoms with Gasteiger partial charge in [-0.3, -0.25) is 0 Å². The molecule has 2 N–H and O–H groups in total. The molecule has 0 aliphatic heterocycles. The zero-order chi connectivity index (χ0) is 13.1. The monoisotopic (exact) mass is 257 g/mol. The van der Waals surface area contributed by atoms with Crippen LogP contribution in [0.2, 0.25) is 0 Å². The van der Waals surface area contributed by atoms with Crippen LogP contribution in [0.25, 0.3) is 0 Å². The second-order valence-corrected chi connectivity index (χ2v) is 5.78. The Labute approximate surface area is 113 Å². The lowest BCUT2D eigenvalue weighted by molar-refractivity contribution is 0.797. The maximum absolute atomic E-state index is 6.02. The highest BCUT2D eigenvalue weighted by molar-refractivity contribution is 7.99. The lowest BCUT2D eigenvalue weighted by atomic mass is 10.1. The van der Waals surface area contributed by atoms with Crippen LogP contribution >= 0.6 is 11.8 Å². The first-order chi connectivity index (χ1) is 8.58. The molecule has 0 spiro atoms. The summed E-state index contributed by atoms with van der Waals surface area (Å²) < 4.78 is 0. The summed E-state index contributed by atoms with van der Waals surface area (Å²) in [5.74, 6) is 0. The van der Waals surface area contributed by atoms with Gasteiger partial charge in [-0.2, -0.15) is 0 Å². The SMILES string of the molecule is Cc1ccc(Sc2ccccc2[C@@H](C)N)c(C)c1. The van der Waals surface area contributed by atoms with E-state index in [1.165, 1.54) is 26.5 Å². The fraction of sp³-hybridized carbons (Fsp3) is 0.250. The van der Waals surface area contributed by atoms with Crippen molar-refractivity contribution in [1.82, 2.24) is 0 Å². The van der Waals surface area contributed by atoms with E-state index in [1.807, 2.05) is 13.0 Å². The Bertz CT molecular complexity index is 547. The number of aryl methyl sites for hydroxylation is 2. The van der Waals surface area contributed by atoms with E-state index in [1.54, 1.807) is 11.8 Å². The van der Waals surface area contributed by atoms with E-state index in [0.717, 1.165) is 0 Å². The van der Waals surface area contributed by atoms with Gasteiger partial charge in [0, 0.05) is 15.8 Å². The van der Waals surface area contributed by atoms with E-state index in [-0.39, 0.29) is 6.04 Å². The maximum Gasteiger partial charge on any atom is 0.0277 e. The average Bonchev–Trinajstić information content (AvgIpc) is 2.33. The largest absolute Gasteiger partial charge is 0.324 e. The molecule has 18 heavy (non-hydrogen) atoms. The average molecular weight is 257 g/mol. The van der Waals surface area contributed by atoms with Gasteiger partial charge in [0.15, 0.2) is 0 Å². The highest BCUT2D eigenvalue weighted by atomic mass is 32.2. The van der Waals surface area contributed by atoms with Gasteiger partial charge < -0.3 is 5.73 Å². The van der Waals surface area contributed by atoms with E-state index >= 15 is 0 Å². The summed E-state index contributed by atoms with van der Waals surface area (Å²) in [5.41, 5.74) is 9.85. The molecule has 0 aliphatic carbocycles. The minimum Gasteiger partial charge on any atom is -0.324 e. The Morgan fingerprint density at radius 3 is 2.39 bits per heavy atom. The molecule has 1 atom stereocenters. The molecule has 0 aromatic heterocycles. The minimum absolute atomic E-state index is 0.0689. The Kier molecular flexibility index (Phi) is 4.10. The van der Waals surface area contributed by atoms with Crippen LogP contribution in [0, 0.1) is 13.8 Å². The second kappa shape index (κ2) is 5.59. The van der Waals surface area contributed by atoms with Gasteiger partial charge in [-0.05, 0) is 44.0 Å². The van der Waals surface area contributed by atoms with Crippen LogP contribution in [0.5, 0.6) is 0 Å². The van der Waals surface area contributed by atoms with Crippen molar-refractivity contribution in [1.29, 1.82) is 0 Å². The fourth-order valence-corrected chi connectivity index (χ4v) is 3.09. The quantitative estimate of drug-likeness (QED) is 0.877. The van der Waals surface area contributed by atoms with Gasteiger partial charge in [0.25, 0.3) is 0 Å². The van der Waals surface area contributed by atoms with Crippen LogP contribution in [-0.4, -0.2) is 0 Å². The van der Waals surface area contributed by atoms with E-state index in [9.17, 15) is 0 Å². The maximum atomic E-state index is 6.02. The number of hydrogen-bond acceptors (Lipinski definition) is 2. The molecule has 0 fully saturated rings. The van der Waals surface area contributed by atoms with Crippen LogP contribution in [0.15, 0.2) is 52.3 Å². The van der Waals surface area contributed by atoms with Gasteiger partial charge in [-0.15, -0.1) is 0 Å². The van der Waals surface area contributed by atoms with E-state index < -0.39 is 0 Å². The third kappa shape index (κ3) is 2.95. The van der Waals surface area contributed by atoms with Gasteiger partial charge in [0.1, 0.15) is 0 Å². The first kappa shape index (κ1) is 13.2. The summed E-state index contributed by atoms with van der Waals surface area (Å²) >= 11 is 1.80. The Morgan fingerprint density at radius 1 is 1.00 bits per heavy atom. The van der Waals surface area contributed by atoms with Crippen molar-refractivity contribution in [3.63, 3.8) is 0 Å². The Balaban J connectivity index is 2.34. The molecule has 2 aromatic carbocycles. The number of rotatable bonds is 3. The van der Waals surface area contributed by atoms with Crippen molar-refractivity contribution in [2.24, 2.45) is 5.73 Å². The molecule has 0 saturated heterocycles. The lowest BCUT2D eigenvalue weighted by Crippen LogP contribution is -2.06. The molecule has 2 rings (SSSR count). The molecular weight excluding hydrogens is 238 g/mol. The molecule has 0 saturated carbocycles. The van der Waals surface area contributed by atoms with E-state index in [4.69, 9.17) is 5.73 Å². The molecule has 0 heterocycles. The van der Waals surface area contributed by atoms with Gasteiger partial charge in [-0.25, -0.2) is 0 Å². The van der Waals surface area contributed by atoms with Gasteiger partial charge in [0.05, 0.1) is 0 Å². The first-order valence-electron chi connectivity index (χ1n) is 6.17. The lowest BCUT2D eigenvalue weighted by Gasteiger charge is -2.13. The van der Waals surface area contributed by atoms with Crippen LogP contribution in [0.4, 0.5) is 0 Å². The zero-order valence-corrected chi connectivity index (χ0v) is 11.9. The first-order valence-corrected chi connectivity index (χ1v) is 6.99. The predicted octanol–water partition coefficient (Wildman–Crippen LogP) is 4.47. The molecule has 0 amide bonds. The third-order valence-corrected chi connectivity index (χ3v) is 4.23. The fourth-order valence-electron chi connectivity index (χ4n) is 1.98. The number of nitrogens with two attached hydrogens (primary N) is 1. The van der Waals surface area contributed by atoms with Crippen molar-refractivity contribution < 1.29 is 0 Å².